The number of carbonyl (C=O) groups excluding carboxylic acids is 3. The number of esters is 3. The van der Waals surface area contributed by atoms with Gasteiger partial charge in [0.1, 0.15) is 13.2 Å². The van der Waals surface area contributed by atoms with Crippen molar-refractivity contribution in [3.63, 3.8) is 0 Å². The van der Waals surface area contributed by atoms with Gasteiger partial charge in [-0.25, -0.2) is 0 Å². The summed E-state index contributed by atoms with van der Waals surface area (Å²) >= 11 is 0. The first-order valence-corrected chi connectivity index (χ1v) is 25.3. The molecular formula is C58H90O6. The van der Waals surface area contributed by atoms with Crippen LogP contribution in [0.2, 0.25) is 0 Å². The van der Waals surface area contributed by atoms with Gasteiger partial charge in [0.05, 0.1) is 6.42 Å². The number of hydrogen-bond acceptors (Lipinski definition) is 6. The molecule has 6 nitrogen and oxygen atoms in total. The van der Waals surface area contributed by atoms with Crippen molar-refractivity contribution < 1.29 is 28.6 Å². The number of ether oxygens (including phenoxy) is 3. The zero-order chi connectivity index (χ0) is 46.5. The van der Waals surface area contributed by atoms with Crippen molar-refractivity contribution in [1.82, 2.24) is 0 Å². The minimum Gasteiger partial charge on any atom is -0.462 e. The Bertz CT molecular complexity index is 1430. The van der Waals surface area contributed by atoms with Crippen molar-refractivity contribution >= 4 is 17.9 Å². The third-order valence-electron chi connectivity index (χ3n) is 10.1. The molecule has 0 spiro atoms. The minimum atomic E-state index is -0.841. The summed E-state index contributed by atoms with van der Waals surface area (Å²) in [6.45, 7) is 6.21. The van der Waals surface area contributed by atoms with Gasteiger partial charge in [0.2, 0.25) is 0 Å². The molecule has 0 N–H and O–H groups in total. The fourth-order valence-electron chi connectivity index (χ4n) is 6.36. The molecule has 1 unspecified atom stereocenters. The quantitative estimate of drug-likeness (QED) is 0.0200. The van der Waals surface area contributed by atoms with Crippen molar-refractivity contribution in [2.24, 2.45) is 0 Å². The first kappa shape index (κ1) is 59.5. The Balaban J connectivity index is 4.51. The number of rotatable bonds is 43. The lowest BCUT2D eigenvalue weighted by Gasteiger charge is -2.18. The Hall–Kier alpha value is -4.45. The Labute approximate surface area is 392 Å². The van der Waals surface area contributed by atoms with Crippen LogP contribution in [0.1, 0.15) is 194 Å². The molecule has 0 aliphatic carbocycles. The minimum absolute atomic E-state index is 0.119. The second-order valence-electron chi connectivity index (χ2n) is 16.2. The molecular weight excluding hydrogens is 793 g/mol. The Morgan fingerprint density at radius 1 is 0.359 bits per heavy atom. The van der Waals surface area contributed by atoms with Crippen LogP contribution in [-0.4, -0.2) is 37.2 Å². The van der Waals surface area contributed by atoms with Crippen LogP contribution in [0, 0.1) is 0 Å². The van der Waals surface area contributed by atoms with Crippen LogP contribution in [0.25, 0.3) is 0 Å². The van der Waals surface area contributed by atoms with E-state index < -0.39 is 12.1 Å². The molecule has 0 bridgehead atoms. The van der Waals surface area contributed by atoms with Crippen LogP contribution < -0.4 is 0 Å². The maximum absolute atomic E-state index is 12.8. The lowest BCUT2D eigenvalue weighted by molar-refractivity contribution is -0.166. The number of allylic oxidation sites excluding steroid dienone is 21. The molecule has 0 heterocycles. The lowest BCUT2D eigenvalue weighted by atomic mass is 10.1. The van der Waals surface area contributed by atoms with Crippen molar-refractivity contribution in [3.8, 4) is 0 Å². The normalized spacial score (nSPS) is 13.2. The third-order valence-corrected chi connectivity index (χ3v) is 10.1. The molecule has 0 radical (unpaired) electrons. The van der Waals surface area contributed by atoms with Crippen molar-refractivity contribution in [2.75, 3.05) is 13.2 Å². The van der Waals surface area contributed by atoms with E-state index >= 15 is 0 Å². The molecule has 0 saturated carbocycles. The van der Waals surface area contributed by atoms with Gasteiger partial charge in [0.15, 0.2) is 6.10 Å². The first-order chi connectivity index (χ1) is 31.5. The van der Waals surface area contributed by atoms with Gasteiger partial charge in [-0.2, -0.15) is 0 Å². The van der Waals surface area contributed by atoms with Gasteiger partial charge in [-0.15, -0.1) is 0 Å². The van der Waals surface area contributed by atoms with E-state index in [-0.39, 0.29) is 44.4 Å². The van der Waals surface area contributed by atoms with E-state index in [1.165, 1.54) is 70.6 Å². The van der Waals surface area contributed by atoms with Gasteiger partial charge >= 0.3 is 17.9 Å². The summed E-state index contributed by atoms with van der Waals surface area (Å²) < 4.78 is 16.6. The van der Waals surface area contributed by atoms with Gasteiger partial charge in [-0.05, 0) is 77.0 Å². The predicted octanol–water partition coefficient (Wildman–Crippen LogP) is 16.7. The molecule has 0 aliphatic heterocycles. The molecule has 0 fully saturated rings. The van der Waals surface area contributed by atoms with E-state index in [0.717, 1.165) is 77.0 Å². The third kappa shape index (κ3) is 48.6. The summed E-state index contributed by atoms with van der Waals surface area (Å²) in [5.41, 5.74) is 0. The van der Waals surface area contributed by atoms with E-state index in [2.05, 4.69) is 69.4 Å². The molecule has 0 aromatic heterocycles. The average molecular weight is 883 g/mol. The highest BCUT2D eigenvalue weighted by Gasteiger charge is 2.19. The van der Waals surface area contributed by atoms with Crippen molar-refractivity contribution in [2.45, 2.75) is 200 Å². The number of carbonyl (C=O) groups is 3. The zero-order valence-electron chi connectivity index (χ0n) is 40.7. The molecule has 6 heteroatoms. The smallest absolute Gasteiger partial charge is 0.309 e. The standard InChI is InChI=1S/C58H90O6/c1-4-7-10-13-16-19-21-23-25-27-29-31-32-34-36-39-42-45-48-51-57(60)63-54-55(53-62-56(59)50-47-44-41-38-18-15-12-9-6-3)64-58(61)52-49-46-43-40-37-35-33-30-28-26-24-22-20-17-14-11-8-5-2/h7,9-10,12-13,16,18-19,21,23,25,27,29-34,36,38,44,47,55H,4-6,8,11,14-15,17,20,22,24,26,28,35,37,39-43,45-46,48-54H2,1-3H3/b10-7-,12-9-,16-13-,21-19-,25-23-,29-27+,32-31-,33-30-,36-34-,38-18-,47-44-. The van der Waals surface area contributed by atoms with E-state index in [1.807, 2.05) is 79.0 Å². The fourth-order valence-corrected chi connectivity index (χ4v) is 6.36. The summed E-state index contributed by atoms with van der Waals surface area (Å²) in [5.74, 6) is -1.12. The van der Waals surface area contributed by atoms with Gasteiger partial charge in [-0.3, -0.25) is 14.4 Å². The van der Waals surface area contributed by atoms with Gasteiger partial charge < -0.3 is 14.2 Å². The SMILES string of the molecule is CC\C=C/C=C\C=C/C=C\C=C\C=C/C=C\CCCCCC(=O)OCC(COC(=O)C/C=C\C/C=C\C/C=C\CC)OC(=O)CCCCCCC/C=C\CCCCCCCCCCC. The molecule has 64 heavy (non-hydrogen) atoms. The highest BCUT2D eigenvalue weighted by Crippen LogP contribution is 2.13. The topological polar surface area (TPSA) is 78.9 Å². The molecule has 0 aromatic carbocycles. The summed E-state index contributed by atoms with van der Waals surface area (Å²) in [5, 5.41) is 0. The second kappa shape index (κ2) is 51.2. The Morgan fingerprint density at radius 2 is 0.750 bits per heavy atom. The van der Waals surface area contributed by atoms with Crippen LogP contribution in [-0.2, 0) is 28.6 Å². The average Bonchev–Trinajstić information content (AvgIpc) is 3.29. The maximum Gasteiger partial charge on any atom is 0.309 e. The highest BCUT2D eigenvalue weighted by molar-refractivity contribution is 5.72. The van der Waals surface area contributed by atoms with Crippen molar-refractivity contribution in [1.29, 1.82) is 0 Å². The number of hydrogen-bond donors (Lipinski definition) is 0. The molecule has 0 aromatic rings. The predicted molar refractivity (Wildman–Crippen MR) is 274 cm³/mol. The van der Waals surface area contributed by atoms with Gasteiger partial charge in [0, 0.05) is 12.8 Å². The van der Waals surface area contributed by atoms with Crippen LogP contribution in [0.3, 0.4) is 0 Å². The molecule has 358 valence electrons. The van der Waals surface area contributed by atoms with Crippen LogP contribution in [0.5, 0.6) is 0 Å². The van der Waals surface area contributed by atoms with Crippen molar-refractivity contribution in [3.05, 3.63) is 134 Å². The van der Waals surface area contributed by atoms with Gasteiger partial charge in [-0.1, -0.05) is 231 Å². The maximum atomic E-state index is 12.8. The molecule has 0 amide bonds. The molecule has 1 atom stereocenters. The van der Waals surface area contributed by atoms with E-state index in [1.54, 1.807) is 6.08 Å². The molecule has 0 aliphatic rings. The number of unbranched alkanes of at least 4 members (excludes halogenated alkanes) is 17. The summed E-state index contributed by atoms with van der Waals surface area (Å²) in [6.07, 6.45) is 71.8. The Kier molecular flexibility index (Phi) is 47.6. The summed E-state index contributed by atoms with van der Waals surface area (Å²) in [4.78, 5) is 37.8. The lowest BCUT2D eigenvalue weighted by Crippen LogP contribution is -2.30. The summed E-state index contributed by atoms with van der Waals surface area (Å²) in [7, 11) is 0. The van der Waals surface area contributed by atoms with Crippen LogP contribution in [0.15, 0.2) is 134 Å². The van der Waals surface area contributed by atoms with Crippen LogP contribution in [0.4, 0.5) is 0 Å². The molecule has 0 rings (SSSR count). The Morgan fingerprint density at radius 3 is 1.28 bits per heavy atom. The van der Waals surface area contributed by atoms with Gasteiger partial charge in [0.25, 0.3) is 0 Å². The van der Waals surface area contributed by atoms with E-state index in [9.17, 15) is 14.4 Å². The summed E-state index contributed by atoms with van der Waals surface area (Å²) in [6, 6.07) is 0. The second-order valence-corrected chi connectivity index (χ2v) is 16.2. The largest absolute Gasteiger partial charge is 0.462 e. The van der Waals surface area contributed by atoms with Crippen LogP contribution >= 0.6 is 0 Å². The zero-order valence-corrected chi connectivity index (χ0v) is 40.7. The fraction of sp³-hybridized carbons (Fsp3) is 0.569. The van der Waals surface area contributed by atoms with E-state index in [4.69, 9.17) is 14.2 Å². The monoisotopic (exact) mass is 883 g/mol. The first-order valence-electron chi connectivity index (χ1n) is 25.3. The highest BCUT2D eigenvalue weighted by atomic mass is 16.6. The molecule has 0 saturated heterocycles. The van der Waals surface area contributed by atoms with E-state index in [0.29, 0.717) is 6.42 Å².